The molecular weight excluding hydrogens is 330 g/mol. The maximum Gasteiger partial charge on any atom is 0.212 e. The smallest absolute Gasteiger partial charge is 0.212 e. The van der Waals surface area contributed by atoms with Gasteiger partial charge in [0.1, 0.15) is 6.33 Å². The molecule has 0 aliphatic carbocycles. The highest BCUT2D eigenvalue weighted by Crippen LogP contribution is 2.24. The van der Waals surface area contributed by atoms with Gasteiger partial charge in [0.25, 0.3) is 0 Å². The van der Waals surface area contributed by atoms with Crippen molar-refractivity contribution in [3.8, 4) is 11.6 Å². The first-order valence-electron chi connectivity index (χ1n) is 7.96. The van der Waals surface area contributed by atoms with Crippen molar-refractivity contribution in [2.75, 3.05) is 7.11 Å². The molecule has 0 amide bonds. The molecule has 26 heavy (non-hydrogen) atoms. The molecule has 0 unspecified atom stereocenters. The summed E-state index contributed by atoms with van der Waals surface area (Å²) in [5, 5.41) is 13.6. The Morgan fingerprint density at radius 3 is 2.65 bits per heavy atom. The van der Waals surface area contributed by atoms with Crippen LogP contribution >= 0.6 is 0 Å². The van der Waals surface area contributed by atoms with Crippen molar-refractivity contribution in [3.05, 3.63) is 66.7 Å². The van der Waals surface area contributed by atoms with E-state index >= 15 is 0 Å². The number of hydrogen-bond acceptors (Lipinski definition) is 7. The lowest BCUT2D eigenvalue weighted by molar-refractivity contribution is 0.397. The summed E-state index contributed by atoms with van der Waals surface area (Å²) in [6, 6.07) is 13.5. The second kappa shape index (κ2) is 7.06. The number of pyridine rings is 1. The van der Waals surface area contributed by atoms with Gasteiger partial charge in [-0.15, -0.1) is 5.11 Å². The molecule has 1 aromatic carbocycles. The third-order valence-corrected chi connectivity index (χ3v) is 3.77. The van der Waals surface area contributed by atoms with Crippen molar-refractivity contribution in [1.29, 1.82) is 0 Å². The number of nitrogens with zero attached hydrogens (tertiary/aromatic N) is 7. The first-order valence-corrected chi connectivity index (χ1v) is 7.96. The summed E-state index contributed by atoms with van der Waals surface area (Å²) in [5.41, 5.74) is 2.54. The van der Waals surface area contributed by atoms with Crippen LogP contribution in [0.1, 0.15) is 5.56 Å². The van der Waals surface area contributed by atoms with E-state index in [1.54, 1.807) is 30.3 Å². The summed E-state index contributed by atoms with van der Waals surface area (Å²) in [6.07, 6.45) is 4.87. The van der Waals surface area contributed by atoms with E-state index in [0.29, 0.717) is 23.9 Å². The van der Waals surface area contributed by atoms with Crippen molar-refractivity contribution in [1.82, 2.24) is 24.7 Å². The van der Waals surface area contributed by atoms with Crippen molar-refractivity contribution in [2.24, 2.45) is 10.2 Å². The minimum atomic E-state index is 0.398. The van der Waals surface area contributed by atoms with E-state index in [1.807, 2.05) is 36.4 Å². The molecule has 0 saturated heterocycles. The summed E-state index contributed by atoms with van der Waals surface area (Å²) < 4.78 is 6.79. The molecule has 0 bridgehead atoms. The van der Waals surface area contributed by atoms with Crippen LogP contribution < -0.4 is 4.74 Å². The highest BCUT2D eigenvalue weighted by molar-refractivity contribution is 5.85. The van der Waals surface area contributed by atoms with Gasteiger partial charge in [-0.2, -0.15) is 10.2 Å². The van der Waals surface area contributed by atoms with Crippen LogP contribution in [0.5, 0.6) is 5.88 Å². The Hall–Kier alpha value is -3.68. The number of azo groups is 1. The van der Waals surface area contributed by atoms with Gasteiger partial charge in [-0.25, -0.2) is 19.6 Å². The van der Waals surface area contributed by atoms with Gasteiger partial charge in [-0.3, -0.25) is 0 Å². The summed E-state index contributed by atoms with van der Waals surface area (Å²) in [6.45, 7) is 0.398. The molecule has 0 saturated carbocycles. The molecular formula is C18H15N7O. The van der Waals surface area contributed by atoms with E-state index in [2.05, 4.69) is 30.3 Å². The predicted octanol–water partition coefficient (Wildman–Crippen LogP) is 3.50. The van der Waals surface area contributed by atoms with Crippen LogP contribution in [0, 0.1) is 0 Å². The zero-order valence-corrected chi connectivity index (χ0v) is 14.0. The summed E-state index contributed by atoms with van der Waals surface area (Å²) in [5.74, 6) is 1.05. The minimum Gasteiger partial charge on any atom is -0.481 e. The SMILES string of the molecule is COc1ccc(CN=Nc2ncnc3c2cnn3-c2ccccc2)cn1. The Morgan fingerprint density at radius 2 is 1.88 bits per heavy atom. The quantitative estimate of drug-likeness (QED) is 0.516. The lowest BCUT2D eigenvalue weighted by Gasteiger charge is -2.02. The van der Waals surface area contributed by atoms with Crippen molar-refractivity contribution < 1.29 is 4.74 Å². The molecule has 0 aliphatic rings. The number of methoxy groups -OCH3 is 1. The van der Waals surface area contributed by atoms with Gasteiger partial charge in [0.15, 0.2) is 11.5 Å². The number of hydrogen-bond donors (Lipinski definition) is 0. The van der Waals surface area contributed by atoms with E-state index in [0.717, 1.165) is 16.6 Å². The Labute approximate surface area is 149 Å². The number of ether oxygens (including phenoxy) is 1. The van der Waals surface area contributed by atoms with Crippen LogP contribution in [0.25, 0.3) is 16.7 Å². The van der Waals surface area contributed by atoms with Gasteiger partial charge < -0.3 is 4.74 Å². The lowest BCUT2D eigenvalue weighted by Crippen LogP contribution is -1.96. The molecule has 0 N–H and O–H groups in total. The molecule has 3 heterocycles. The number of benzene rings is 1. The summed E-state index contributed by atoms with van der Waals surface area (Å²) in [4.78, 5) is 12.7. The molecule has 8 nitrogen and oxygen atoms in total. The summed E-state index contributed by atoms with van der Waals surface area (Å²) >= 11 is 0. The minimum absolute atomic E-state index is 0.398. The first-order chi connectivity index (χ1) is 12.8. The fourth-order valence-electron chi connectivity index (χ4n) is 2.48. The molecule has 0 spiro atoms. The average molecular weight is 345 g/mol. The molecule has 0 atom stereocenters. The van der Waals surface area contributed by atoms with Crippen LogP contribution in [0.2, 0.25) is 0 Å². The molecule has 0 fully saturated rings. The number of fused-ring (bicyclic) bond motifs is 1. The number of aromatic nitrogens is 5. The molecule has 128 valence electrons. The Bertz CT molecular complexity index is 1040. The largest absolute Gasteiger partial charge is 0.481 e. The van der Waals surface area contributed by atoms with Crippen LogP contribution in [-0.4, -0.2) is 31.8 Å². The molecule has 4 rings (SSSR count). The van der Waals surface area contributed by atoms with Gasteiger partial charge in [-0.1, -0.05) is 24.3 Å². The van der Waals surface area contributed by atoms with Crippen molar-refractivity contribution >= 4 is 16.9 Å². The van der Waals surface area contributed by atoms with Gasteiger partial charge in [0.05, 0.1) is 30.9 Å². The van der Waals surface area contributed by atoms with Crippen molar-refractivity contribution in [2.45, 2.75) is 6.54 Å². The Balaban J connectivity index is 1.59. The molecule has 3 aromatic heterocycles. The highest BCUT2D eigenvalue weighted by atomic mass is 16.5. The number of rotatable bonds is 5. The van der Waals surface area contributed by atoms with E-state index < -0.39 is 0 Å². The van der Waals surface area contributed by atoms with Crippen LogP contribution in [0.4, 0.5) is 5.82 Å². The lowest BCUT2D eigenvalue weighted by atomic mass is 10.3. The zero-order chi connectivity index (χ0) is 17.8. The second-order valence-electron chi connectivity index (χ2n) is 5.43. The second-order valence-corrected chi connectivity index (χ2v) is 5.43. The molecule has 0 radical (unpaired) electrons. The fourth-order valence-corrected chi connectivity index (χ4v) is 2.48. The predicted molar refractivity (Wildman–Crippen MR) is 95.7 cm³/mol. The van der Waals surface area contributed by atoms with E-state index in [4.69, 9.17) is 4.74 Å². The maximum absolute atomic E-state index is 5.04. The first kappa shape index (κ1) is 15.8. The fraction of sp³-hybridized carbons (Fsp3) is 0.111. The highest BCUT2D eigenvalue weighted by Gasteiger charge is 2.10. The summed E-state index contributed by atoms with van der Waals surface area (Å²) in [7, 11) is 1.58. The van der Waals surface area contributed by atoms with Gasteiger partial charge in [0.2, 0.25) is 5.88 Å². The van der Waals surface area contributed by atoms with Gasteiger partial charge in [0, 0.05) is 12.3 Å². The van der Waals surface area contributed by atoms with Crippen LogP contribution in [0.15, 0.2) is 71.4 Å². The molecule has 0 aliphatic heterocycles. The maximum atomic E-state index is 5.04. The monoisotopic (exact) mass is 345 g/mol. The van der Waals surface area contributed by atoms with Crippen LogP contribution in [0.3, 0.4) is 0 Å². The van der Waals surface area contributed by atoms with Gasteiger partial charge >= 0.3 is 0 Å². The normalized spacial score (nSPS) is 11.3. The van der Waals surface area contributed by atoms with Crippen molar-refractivity contribution in [3.63, 3.8) is 0 Å². The van der Waals surface area contributed by atoms with E-state index in [1.165, 1.54) is 6.33 Å². The van der Waals surface area contributed by atoms with E-state index in [-0.39, 0.29) is 0 Å². The Kier molecular flexibility index (Phi) is 4.29. The van der Waals surface area contributed by atoms with Gasteiger partial charge in [-0.05, 0) is 17.7 Å². The topological polar surface area (TPSA) is 90.4 Å². The standard InChI is InChI=1S/C18H15N7O/c1-26-16-8-7-13(9-19-16)10-22-24-17-15-11-23-25(18(15)21-12-20-17)14-5-3-2-4-6-14/h2-9,11-12H,10H2,1H3. The van der Waals surface area contributed by atoms with E-state index in [9.17, 15) is 0 Å². The number of para-hydroxylation sites is 1. The third kappa shape index (κ3) is 3.12. The third-order valence-electron chi connectivity index (χ3n) is 3.77. The Morgan fingerprint density at radius 1 is 1.00 bits per heavy atom. The molecule has 8 heteroatoms. The zero-order valence-electron chi connectivity index (χ0n) is 14.0. The average Bonchev–Trinajstić information content (AvgIpc) is 3.14. The van der Waals surface area contributed by atoms with Crippen LogP contribution in [-0.2, 0) is 6.54 Å². The molecule has 4 aromatic rings.